The molecule has 1 aromatic carbocycles. The van der Waals surface area contributed by atoms with Gasteiger partial charge in [0.2, 0.25) is 0 Å². The molecule has 2 aromatic rings. The predicted molar refractivity (Wildman–Crippen MR) is 79.2 cm³/mol. The van der Waals surface area contributed by atoms with Gasteiger partial charge in [0.15, 0.2) is 10.9 Å². The van der Waals surface area contributed by atoms with Crippen molar-refractivity contribution in [3.05, 3.63) is 46.4 Å². The van der Waals surface area contributed by atoms with Crippen LogP contribution in [0.25, 0.3) is 0 Å². The lowest BCUT2D eigenvalue weighted by atomic mass is 10.1. The van der Waals surface area contributed by atoms with Gasteiger partial charge in [0.25, 0.3) is 0 Å². The third-order valence-electron chi connectivity index (χ3n) is 2.88. The van der Waals surface area contributed by atoms with Crippen LogP contribution in [0.4, 0.5) is 0 Å². The Kier molecular flexibility index (Phi) is 4.79. The largest absolute Gasteiger partial charge is 0.343 e. The molecule has 1 atom stereocenters. The maximum atomic E-state index is 12.3. The molecule has 106 valence electrons. The minimum absolute atomic E-state index is 0.0362. The van der Waals surface area contributed by atoms with E-state index in [4.69, 9.17) is 0 Å². The van der Waals surface area contributed by atoms with Crippen molar-refractivity contribution in [3.63, 3.8) is 0 Å². The molecular weight excluding hydrogens is 274 g/mol. The first-order valence-electron chi connectivity index (χ1n) is 6.54. The van der Waals surface area contributed by atoms with E-state index in [1.807, 2.05) is 32.0 Å². The lowest BCUT2D eigenvalue weighted by Gasteiger charge is -2.10. The van der Waals surface area contributed by atoms with Crippen LogP contribution in [0.3, 0.4) is 0 Å². The Labute approximate surface area is 121 Å². The zero-order valence-corrected chi connectivity index (χ0v) is 12.3. The van der Waals surface area contributed by atoms with Crippen molar-refractivity contribution in [1.82, 2.24) is 14.8 Å². The van der Waals surface area contributed by atoms with E-state index < -0.39 is 0 Å². The molecule has 5 nitrogen and oxygen atoms in total. The zero-order chi connectivity index (χ0) is 14.5. The number of rotatable bonds is 6. The summed E-state index contributed by atoms with van der Waals surface area (Å²) in [6.45, 7) is 4.42. The van der Waals surface area contributed by atoms with Gasteiger partial charge in [-0.25, -0.2) is 9.89 Å². The molecule has 0 fully saturated rings. The van der Waals surface area contributed by atoms with Crippen molar-refractivity contribution in [2.45, 2.75) is 37.2 Å². The molecule has 2 rings (SSSR count). The van der Waals surface area contributed by atoms with Crippen LogP contribution in [0.1, 0.15) is 30.6 Å². The Balaban J connectivity index is 2.14. The normalized spacial score (nSPS) is 12.3. The van der Waals surface area contributed by atoms with Crippen LogP contribution in [-0.2, 0) is 6.54 Å². The summed E-state index contributed by atoms with van der Waals surface area (Å²) in [6, 6.07) is 9.14. The van der Waals surface area contributed by atoms with Crippen LogP contribution >= 0.6 is 11.8 Å². The fourth-order valence-corrected chi connectivity index (χ4v) is 2.82. The summed E-state index contributed by atoms with van der Waals surface area (Å²) in [6.07, 6.45) is 0.841. The van der Waals surface area contributed by atoms with Crippen LogP contribution in [0.5, 0.6) is 0 Å². The number of thioether (sulfide) groups is 1. The second-order valence-electron chi connectivity index (χ2n) is 4.45. The van der Waals surface area contributed by atoms with E-state index in [0.717, 1.165) is 6.42 Å². The predicted octanol–water partition coefficient (Wildman–Crippen LogP) is 2.34. The maximum absolute atomic E-state index is 12.3. The number of aromatic nitrogens is 3. The summed E-state index contributed by atoms with van der Waals surface area (Å²) in [7, 11) is 0. The lowest BCUT2D eigenvalue weighted by molar-refractivity contribution is 0.0994. The number of H-pyrrole nitrogens is 1. The molecule has 20 heavy (non-hydrogen) atoms. The average molecular weight is 291 g/mol. The summed E-state index contributed by atoms with van der Waals surface area (Å²) in [5, 5.41) is 6.69. The van der Waals surface area contributed by atoms with Gasteiger partial charge in [-0.3, -0.25) is 9.36 Å². The summed E-state index contributed by atoms with van der Waals surface area (Å²) in [5.41, 5.74) is 0.445. The highest BCUT2D eigenvalue weighted by Crippen LogP contribution is 2.23. The Bertz CT molecular complexity index is 633. The quantitative estimate of drug-likeness (QED) is 0.655. The molecular formula is C14H17N3O2S. The molecule has 0 radical (unpaired) electrons. The SMILES string of the molecule is CCCn1c(SC(C)C(=O)c2ccccc2)n[nH]c1=O. The standard InChI is InChI=1S/C14H17N3O2S/c1-3-9-17-13(19)15-16-14(17)20-10(2)12(18)11-7-5-4-6-8-11/h4-8,10H,3,9H2,1-2H3,(H,15,19). The minimum Gasteiger partial charge on any atom is -0.293 e. The highest BCUT2D eigenvalue weighted by atomic mass is 32.2. The lowest BCUT2D eigenvalue weighted by Crippen LogP contribution is -2.19. The smallest absolute Gasteiger partial charge is 0.293 e. The number of ketones is 1. The minimum atomic E-state index is -0.289. The first-order valence-corrected chi connectivity index (χ1v) is 7.42. The Morgan fingerprint density at radius 3 is 2.75 bits per heavy atom. The second kappa shape index (κ2) is 6.56. The fourth-order valence-electron chi connectivity index (χ4n) is 1.86. The van der Waals surface area contributed by atoms with Crippen LogP contribution in [-0.4, -0.2) is 25.8 Å². The van der Waals surface area contributed by atoms with Crippen LogP contribution in [0.15, 0.2) is 40.3 Å². The van der Waals surface area contributed by atoms with Crippen molar-refractivity contribution in [3.8, 4) is 0 Å². The van der Waals surface area contributed by atoms with Crippen molar-refractivity contribution in [2.75, 3.05) is 0 Å². The second-order valence-corrected chi connectivity index (χ2v) is 5.76. The summed E-state index contributed by atoms with van der Waals surface area (Å²) >= 11 is 1.30. The van der Waals surface area contributed by atoms with Crippen molar-refractivity contribution >= 4 is 17.5 Å². The van der Waals surface area contributed by atoms with Gasteiger partial charge in [-0.05, 0) is 13.3 Å². The number of hydrogen-bond acceptors (Lipinski definition) is 4. The van der Waals surface area contributed by atoms with Crippen LogP contribution in [0.2, 0.25) is 0 Å². The van der Waals surface area contributed by atoms with Gasteiger partial charge in [0, 0.05) is 12.1 Å². The molecule has 0 saturated carbocycles. The molecule has 0 bridgehead atoms. The number of benzene rings is 1. The van der Waals surface area contributed by atoms with E-state index in [-0.39, 0.29) is 16.7 Å². The van der Waals surface area contributed by atoms with E-state index >= 15 is 0 Å². The summed E-state index contributed by atoms with van der Waals surface area (Å²) in [5.74, 6) is 0.0362. The topological polar surface area (TPSA) is 67.8 Å². The van der Waals surface area contributed by atoms with E-state index in [1.165, 1.54) is 11.8 Å². The zero-order valence-electron chi connectivity index (χ0n) is 11.5. The Morgan fingerprint density at radius 1 is 1.40 bits per heavy atom. The van der Waals surface area contributed by atoms with Gasteiger partial charge in [0.05, 0.1) is 5.25 Å². The number of hydrogen-bond donors (Lipinski definition) is 1. The van der Waals surface area contributed by atoms with E-state index in [2.05, 4.69) is 10.2 Å². The third kappa shape index (κ3) is 3.19. The fraction of sp³-hybridized carbons (Fsp3) is 0.357. The molecule has 0 aliphatic carbocycles. The number of nitrogens with zero attached hydrogens (tertiary/aromatic N) is 2. The van der Waals surface area contributed by atoms with Gasteiger partial charge < -0.3 is 0 Å². The Morgan fingerprint density at radius 2 is 2.10 bits per heavy atom. The molecule has 1 N–H and O–H groups in total. The van der Waals surface area contributed by atoms with Gasteiger partial charge in [0.1, 0.15) is 0 Å². The molecule has 0 amide bonds. The van der Waals surface area contributed by atoms with E-state index in [9.17, 15) is 9.59 Å². The molecule has 0 spiro atoms. The van der Waals surface area contributed by atoms with Crippen molar-refractivity contribution in [2.24, 2.45) is 0 Å². The molecule has 0 aliphatic rings. The maximum Gasteiger partial charge on any atom is 0.343 e. The number of aromatic amines is 1. The van der Waals surface area contributed by atoms with Gasteiger partial charge in [-0.15, -0.1) is 5.10 Å². The molecule has 0 saturated heterocycles. The number of nitrogens with one attached hydrogen (secondary N) is 1. The molecule has 1 heterocycles. The first-order chi connectivity index (χ1) is 9.63. The monoisotopic (exact) mass is 291 g/mol. The highest BCUT2D eigenvalue weighted by molar-refractivity contribution is 8.00. The van der Waals surface area contributed by atoms with Crippen molar-refractivity contribution in [1.29, 1.82) is 0 Å². The van der Waals surface area contributed by atoms with Crippen LogP contribution < -0.4 is 5.69 Å². The summed E-state index contributed by atoms with van der Waals surface area (Å²) in [4.78, 5) is 23.9. The average Bonchev–Trinajstić information content (AvgIpc) is 2.81. The molecule has 6 heteroatoms. The molecule has 0 aliphatic heterocycles. The molecule has 1 aromatic heterocycles. The van der Waals surface area contributed by atoms with Gasteiger partial charge in [-0.1, -0.05) is 49.0 Å². The van der Waals surface area contributed by atoms with E-state index in [1.54, 1.807) is 16.7 Å². The third-order valence-corrected chi connectivity index (χ3v) is 3.97. The Hall–Kier alpha value is -1.82. The van der Waals surface area contributed by atoms with Gasteiger partial charge >= 0.3 is 5.69 Å². The number of carbonyl (C=O) groups is 1. The first kappa shape index (κ1) is 14.6. The van der Waals surface area contributed by atoms with Crippen LogP contribution in [0, 0.1) is 0 Å². The number of Topliss-reactive ketones (excluding diaryl/α,β-unsaturated/α-hetero) is 1. The van der Waals surface area contributed by atoms with E-state index in [0.29, 0.717) is 17.3 Å². The summed E-state index contributed by atoms with van der Waals surface area (Å²) < 4.78 is 1.57. The molecule has 1 unspecified atom stereocenters. The van der Waals surface area contributed by atoms with Gasteiger partial charge in [-0.2, -0.15) is 0 Å². The highest BCUT2D eigenvalue weighted by Gasteiger charge is 2.19. The van der Waals surface area contributed by atoms with Crippen molar-refractivity contribution < 1.29 is 4.79 Å². The number of carbonyl (C=O) groups excluding carboxylic acids is 1.